The Morgan fingerprint density at radius 1 is 0.853 bits per heavy atom. The van der Waals surface area contributed by atoms with Crippen LogP contribution in [-0.2, 0) is 14.0 Å². The number of benzene rings is 3. The summed E-state index contributed by atoms with van der Waals surface area (Å²) in [5.74, 6) is -0.268. The predicted molar refractivity (Wildman–Crippen MR) is 135 cm³/mol. The maximum atomic E-state index is 13.2. The molecule has 172 valence electrons. The molecule has 0 N–H and O–H groups in total. The van der Waals surface area contributed by atoms with Gasteiger partial charge in [-0.25, -0.2) is 0 Å². The van der Waals surface area contributed by atoms with Gasteiger partial charge in [0.15, 0.2) is 0 Å². The van der Waals surface area contributed by atoms with Gasteiger partial charge in [-0.1, -0.05) is 97.1 Å². The van der Waals surface area contributed by atoms with Crippen LogP contribution in [0.2, 0.25) is 6.04 Å². The normalized spacial score (nSPS) is 22.4. The van der Waals surface area contributed by atoms with E-state index >= 15 is 0 Å². The lowest BCUT2D eigenvalue weighted by Crippen LogP contribution is -2.61. The van der Waals surface area contributed by atoms with E-state index in [-0.39, 0.29) is 30.5 Å². The van der Waals surface area contributed by atoms with Gasteiger partial charge in [0.25, 0.3) is 8.32 Å². The molecule has 5 nitrogen and oxygen atoms in total. The predicted octanol–water partition coefficient (Wildman–Crippen LogP) is 2.74. The van der Waals surface area contributed by atoms with Gasteiger partial charge >= 0.3 is 0 Å². The number of likely N-dealkylation sites (tertiary alicyclic amines) is 1. The van der Waals surface area contributed by atoms with Gasteiger partial charge in [-0.2, -0.15) is 0 Å². The summed E-state index contributed by atoms with van der Waals surface area (Å²) in [5, 5.41) is 2.27. The highest BCUT2D eigenvalue weighted by Gasteiger charge is 2.65. The standard InChI is InChI=1S/C28H28N2O3Si/c1-3-19-34(22-15-9-5-10-16-22,23-17-11-6-12-18-23)33-20-24(21-13-7-4-8-14-21)30-27(31)25-26(28(30)32)29(25)2/h3-18,24-26H,1,19-20H2,2H3/t24-,25?,26?,29?/m0/s1. The molecule has 3 aromatic carbocycles. The summed E-state index contributed by atoms with van der Waals surface area (Å²) in [4.78, 5) is 29.6. The second kappa shape index (κ2) is 9.14. The molecule has 0 radical (unpaired) electrons. The number of nitrogens with zero attached hydrogens (tertiary/aromatic N) is 2. The van der Waals surface area contributed by atoms with Crippen molar-refractivity contribution in [1.82, 2.24) is 9.80 Å². The Kier molecular flexibility index (Phi) is 6.04. The van der Waals surface area contributed by atoms with E-state index in [1.807, 2.05) is 84.8 Å². The smallest absolute Gasteiger partial charge is 0.259 e. The molecule has 5 rings (SSSR count). The van der Waals surface area contributed by atoms with Gasteiger partial charge in [-0.05, 0) is 29.0 Å². The van der Waals surface area contributed by atoms with Crippen LogP contribution in [0.15, 0.2) is 104 Å². The van der Waals surface area contributed by atoms with E-state index in [9.17, 15) is 9.59 Å². The third kappa shape index (κ3) is 3.74. The first-order valence-electron chi connectivity index (χ1n) is 11.6. The Bertz CT molecular complexity index is 1120. The molecule has 34 heavy (non-hydrogen) atoms. The monoisotopic (exact) mass is 468 g/mol. The van der Waals surface area contributed by atoms with E-state index in [0.29, 0.717) is 6.04 Å². The van der Waals surface area contributed by atoms with E-state index in [1.165, 1.54) is 4.90 Å². The van der Waals surface area contributed by atoms with Gasteiger partial charge in [-0.15, -0.1) is 6.58 Å². The number of fused-ring (bicyclic) bond motifs is 1. The molecule has 2 amide bonds. The lowest BCUT2D eigenvalue weighted by atomic mass is 10.1. The van der Waals surface area contributed by atoms with Crippen LogP contribution in [-0.4, -0.2) is 55.7 Å². The van der Waals surface area contributed by atoms with Gasteiger partial charge in [0.1, 0.15) is 12.1 Å². The van der Waals surface area contributed by atoms with Crippen LogP contribution in [0.3, 0.4) is 0 Å². The molecule has 2 aliphatic heterocycles. The molecule has 6 heteroatoms. The summed E-state index contributed by atoms with van der Waals surface area (Å²) in [7, 11) is -0.913. The number of piperazine rings is 1. The van der Waals surface area contributed by atoms with Crippen molar-refractivity contribution in [3.05, 3.63) is 109 Å². The van der Waals surface area contributed by atoms with Gasteiger partial charge in [0, 0.05) is 0 Å². The van der Waals surface area contributed by atoms with Crippen molar-refractivity contribution in [3.63, 3.8) is 0 Å². The number of hydrogen-bond acceptors (Lipinski definition) is 4. The largest absolute Gasteiger partial charge is 0.405 e. The van der Waals surface area contributed by atoms with Gasteiger partial charge in [0.2, 0.25) is 11.8 Å². The minimum Gasteiger partial charge on any atom is -0.405 e. The second-order valence-corrected chi connectivity index (χ2v) is 12.4. The SMILES string of the molecule is C=CC[Si](OC[C@@H](c1ccccc1)N1C(=O)C2C(C1=O)N2C)(c1ccccc1)c1ccccc1. The van der Waals surface area contributed by atoms with Crippen molar-refractivity contribution >= 4 is 30.5 Å². The number of likely N-dealkylation sites (N-methyl/N-ethyl adjacent to an activating group) is 1. The molecule has 2 fully saturated rings. The van der Waals surface area contributed by atoms with Crippen LogP contribution in [0.1, 0.15) is 11.6 Å². The molecule has 0 bridgehead atoms. The van der Waals surface area contributed by atoms with Crippen molar-refractivity contribution in [2.75, 3.05) is 13.7 Å². The first kappa shape index (κ1) is 22.5. The van der Waals surface area contributed by atoms with E-state index in [2.05, 4.69) is 30.8 Å². The maximum absolute atomic E-state index is 13.2. The zero-order valence-electron chi connectivity index (χ0n) is 19.2. The van der Waals surface area contributed by atoms with Crippen LogP contribution < -0.4 is 10.4 Å². The number of hydrogen-bond donors (Lipinski definition) is 0. The highest BCUT2D eigenvalue weighted by Crippen LogP contribution is 2.40. The van der Waals surface area contributed by atoms with Crippen LogP contribution in [0.5, 0.6) is 0 Å². The summed E-state index contributed by atoms with van der Waals surface area (Å²) in [6.45, 7) is 4.27. The van der Waals surface area contributed by atoms with Crippen molar-refractivity contribution in [2.24, 2.45) is 0 Å². The fourth-order valence-corrected chi connectivity index (χ4v) is 8.69. The number of rotatable bonds is 9. The molecule has 3 atom stereocenters. The van der Waals surface area contributed by atoms with Crippen molar-refractivity contribution in [2.45, 2.75) is 24.2 Å². The third-order valence-corrected chi connectivity index (χ3v) is 11.0. The highest BCUT2D eigenvalue weighted by atomic mass is 28.4. The average molecular weight is 469 g/mol. The Morgan fingerprint density at radius 2 is 1.32 bits per heavy atom. The van der Waals surface area contributed by atoms with E-state index < -0.39 is 14.4 Å². The first-order valence-corrected chi connectivity index (χ1v) is 13.7. The number of carbonyl (C=O) groups is 2. The summed E-state index contributed by atoms with van der Waals surface area (Å²) >= 11 is 0. The lowest BCUT2D eigenvalue weighted by molar-refractivity contribution is -0.146. The minimum atomic E-state index is -2.74. The molecule has 3 aromatic rings. The molecule has 2 saturated heterocycles. The summed E-state index contributed by atoms with van der Waals surface area (Å²) in [5.41, 5.74) is 0.899. The molecule has 2 unspecified atom stereocenters. The zero-order valence-corrected chi connectivity index (χ0v) is 20.2. The Balaban J connectivity index is 1.54. The highest BCUT2D eigenvalue weighted by molar-refractivity contribution is 6.97. The van der Waals surface area contributed by atoms with Gasteiger partial charge < -0.3 is 4.43 Å². The molecule has 2 heterocycles. The zero-order chi connectivity index (χ0) is 23.7. The van der Waals surface area contributed by atoms with Crippen LogP contribution in [0.4, 0.5) is 0 Å². The van der Waals surface area contributed by atoms with Gasteiger partial charge in [-0.3, -0.25) is 19.4 Å². The summed E-state index contributed by atoms with van der Waals surface area (Å²) in [6, 6.07) is 29.8. The molecule has 0 saturated carbocycles. The van der Waals surface area contributed by atoms with Crippen molar-refractivity contribution in [3.8, 4) is 0 Å². The fraction of sp³-hybridized carbons (Fsp3) is 0.214. The number of carbonyl (C=O) groups excluding carboxylic acids is 2. The second-order valence-electron chi connectivity index (χ2n) is 8.89. The van der Waals surface area contributed by atoms with Gasteiger partial charge in [0.05, 0.1) is 12.6 Å². The quantitative estimate of drug-likeness (QED) is 0.210. The molecular weight excluding hydrogens is 440 g/mol. The molecule has 0 aliphatic carbocycles. The van der Waals surface area contributed by atoms with E-state index in [1.54, 1.807) is 0 Å². The van der Waals surface area contributed by atoms with Crippen LogP contribution >= 0.6 is 0 Å². The number of amides is 2. The van der Waals surface area contributed by atoms with E-state index in [4.69, 9.17) is 4.43 Å². The summed E-state index contributed by atoms with van der Waals surface area (Å²) in [6.07, 6.45) is 1.92. The summed E-state index contributed by atoms with van der Waals surface area (Å²) < 4.78 is 6.95. The molecular formula is C28H28N2O3Si. The fourth-order valence-electron chi connectivity index (χ4n) is 5.12. The maximum Gasteiger partial charge on any atom is 0.259 e. The third-order valence-electron chi connectivity index (χ3n) is 6.96. The molecule has 0 spiro atoms. The topological polar surface area (TPSA) is 49.6 Å². The number of allylic oxidation sites excluding steroid dienone is 1. The first-order chi connectivity index (χ1) is 16.6. The molecule has 2 aliphatic rings. The number of imide groups is 1. The van der Waals surface area contributed by atoms with Crippen LogP contribution in [0, 0.1) is 0 Å². The average Bonchev–Trinajstić information content (AvgIpc) is 3.49. The Morgan fingerprint density at radius 3 is 1.79 bits per heavy atom. The van der Waals surface area contributed by atoms with Crippen molar-refractivity contribution in [1.29, 1.82) is 0 Å². The van der Waals surface area contributed by atoms with Crippen molar-refractivity contribution < 1.29 is 14.0 Å². The Hall–Kier alpha value is -3.32. The minimum absolute atomic E-state index is 0.134. The molecule has 0 aromatic heterocycles. The van der Waals surface area contributed by atoms with Crippen LogP contribution in [0.25, 0.3) is 0 Å². The Labute approximate surface area is 201 Å². The lowest BCUT2D eigenvalue weighted by Gasteiger charge is -2.36. The van der Waals surface area contributed by atoms with E-state index in [0.717, 1.165) is 15.9 Å².